The number of carbonyl (C=O) groups excluding carboxylic acids is 1. The smallest absolute Gasteiger partial charge is 0.176 e. The van der Waals surface area contributed by atoms with Crippen molar-refractivity contribution in [2.75, 3.05) is 19.7 Å². The van der Waals surface area contributed by atoms with Crippen molar-refractivity contribution >= 4 is 5.78 Å². The number of hydrogen-bond donors (Lipinski definition) is 0. The van der Waals surface area contributed by atoms with Gasteiger partial charge in [-0.2, -0.15) is 0 Å². The summed E-state index contributed by atoms with van der Waals surface area (Å²) in [6.07, 6.45) is 4.89. The number of ketones is 1. The average molecular weight is 277 g/mol. The highest BCUT2D eigenvalue weighted by molar-refractivity contribution is 5.97. The van der Waals surface area contributed by atoms with Crippen LogP contribution in [0.3, 0.4) is 0 Å². The fourth-order valence-corrected chi connectivity index (χ4v) is 3.31. The summed E-state index contributed by atoms with van der Waals surface area (Å²) in [5, 5.41) is 0. The lowest BCUT2D eigenvalue weighted by Crippen LogP contribution is -2.53. The highest BCUT2D eigenvalue weighted by atomic mass is 19.1. The monoisotopic (exact) mass is 277 g/mol. The van der Waals surface area contributed by atoms with Crippen LogP contribution in [-0.4, -0.2) is 42.5 Å². The van der Waals surface area contributed by atoms with E-state index in [1.54, 1.807) is 12.1 Å². The maximum Gasteiger partial charge on any atom is 0.176 e. The SMILES string of the molecule is O=C(CN1CCOC2CCCCC21)c1cccc(F)c1. The number of morpholine rings is 1. The molecule has 1 aliphatic heterocycles. The van der Waals surface area contributed by atoms with Gasteiger partial charge in [-0.05, 0) is 25.0 Å². The zero-order valence-corrected chi connectivity index (χ0v) is 11.6. The van der Waals surface area contributed by atoms with Gasteiger partial charge in [0.1, 0.15) is 5.82 Å². The molecule has 2 atom stereocenters. The van der Waals surface area contributed by atoms with Crippen molar-refractivity contribution in [2.45, 2.75) is 37.8 Å². The van der Waals surface area contributed by atoms with Crippen molar-refractivity contribution < 1.29 is 13.9 Å². The number of nitrogens with zero attached hydrogens (tertiary/aromatic N) is 1. The summed E-state index contributed by atoms with van der Waals surface area (Å²) in [5.41, 5.74) is 0.462. The van der Waals surface area contributed by atoms with E-state index in [1.807, 2.05) is 0 Å². The molecule has 2 aliphatic rings. The second-order valence-corrected chi connectivity index (χ2v) is 5.67. The highest BCUT2D eigenvalue weighted by Crippen LogP contribution is 2.28. The van der Waals surface area contributed by atoms with Crippen LogP contribution in [-0.2, 0) is 4.74 Å². The fraction of sp³-hybridized carbons (Fsp3) is 0.562. The molecule has 1 saturated heterocycles. The number of hydrogen-bond acceptors (Lipinski definition) is 3. The second-order valence-electron chi connectivity index (χ2n) is 5.67. The first-order valence-corrected chi connectivity index (χ1v) is 7.38. The molecule has 1 aromatic carbocycles. The lowest BCUT2D eigenvalue weighted by atomic mass is 9.90. The minimum atomic E-state index is -0.353. The Balaban J connectivity index is 1.68. The van der Waals surface area contributed by atoms with Gasteiger partial charge in [-0.15, -0.1) is 0 Å². The molecule has 1 heterocycles. The van der Waals surface area contributed by atoms with E-state index in [1.165, 1.54) is 25.0 Å². The molecule has 0 spiro atoms. The largest absolute Gasteiger partial charge is 0.375 e. The van der Waals surface area contributed by atoms with Crippen LogP contribution in [0.1, 0.15) is 36.0 Å². The number of halogens is 1. The molecule has 20 heavy (non-hydrogen) atoms. The van der Waals surface area contributed by atoms with Gasteiger partial charge in [0.15, 0.2) is 5.78 Å². The van der Waals surface area contributed by atoms with Gasteiger partial charge in [-0.1, -0.05) is 25.0 Å². The van der Waals surface area contributed by atoms with Gasteiger partial charge in [0.25, 0.3) is 0 Å². The zero-order valence-electron chi connectivity index (χ0n) is 11.6. The van der Waals surface area contributed by atoms with E-state index in [9.17, 15) is 9.18 Å². The van der Waals surface area contributed by atoms with Gasteiger partial charge in [-0.3, -0.25) is 9.69 Å². The minimum absolute atomic E-state index is 0.00396. The molecule has 1 aliphatic carbocycles. The Kier molecular flexibility index (Phi) is 4.13. The Morgan fingerprint density at radius 2 is 2.20 bits per heavy atom. The molecule has 0 amide bonds. The van der Waals surface area contributed by atoms with Crippen molar-refractivity contribution in [3.63, 3.8) is 0 Å². The summed E-state index contributed by atoms with van der Waals surface area (Å²) in [4.78, 5) is 14.5. The normalized spacial score (nSPS) is 27.1. The summed E-state index contributed by atoms with van der Waals surface area (Å²) in [5.74, 6) is -0.357. The van der Waals surface area contributed by atoms with E-state index in [0.29, 0.717) is 24.8 Å². The molecule has 0 bridgehead atoms. The number of rotatable bonds is 3. The molecule has 4 heteroatoms. The number of fused-ring (bicyclic) bond motifs is 1. The molecule has 3 rings (SSSR count). The Bertz CT molecular complexity index is 489. The number of Topliss-reactive ketones (excluding diaryl/α,β-unsaturated/α-hetero) is 1. The lowest BCUT2D eigenvalue weighted by molar-refractivity contribution is -0.0846. The van der Waals surface area contributed by atoms with Gasteiger partial charge in [0.05, 0.1) is 19.3 Å². The highest BCUT2D eigenvalue weighted by Gasteiger charge is 2.34. The number of carbonyl (C=O) groups is 1. The van der Waals surface area contributed by atoms with Crippen LogP contribution in [0.5, 0.6) is 0 Å². The van der Waals surface area contributed by atoms with E-state index in [-0.39, 0.29) is 17.7 Å². The predicted molar refractivity (Wildman–Crippen MR) is 74.3 cm³/mol. The van der Waals surface area contributed by atoms with Gasteiger partial charge in [0, 0.05) is 18.2 Å². The van der Waals surface area contributed by atoms with E-state index < -0.39 is 0 Å². The number of ether oxygens (including phenoxy) is 1. The predicted octanol–water partition coefficient (Wildman–Crippen LogP) is 2.65. The van der Waals surface area contributed by atoms with Gasteiger partial charge in [-0.25, -0.2) is 4.39 Å². The van der Waals surface area contributed by atoms with Crippen molar-refractivity contribution in [3.05, 3.63) is 35.6 Å². The third-order valence-corrected chi connectivity index (χ3v) is 4.34. The van der Waals surface area contributed by atoms with Crippen LogP contribution in [0.25, 0.3) is 0 Å². The Labute approximate surface area is 118 Å². The first-order valence-electron chi connectivity index (χ1n) is 7.38. The molecular formula is C16H20FNO2. The van der Waals surface area contributed by atoms with E-state index in [2.05, 4.69) is 4.90 Å². The summed E-state index contributed by atoms with van der Waals surface area (Å²) in [6.45, 7) is 1.85. The van der Waals surface area contributed by atoms with Crippen molar-refractivity contribution in [1.82, 2.24) is 4.90 Å². The Morgan fingerprint density at radius 1 is 1.35 bits per heavy atom. The molecule has 108 valence electrons. The quantitative estimate of drug-likeness (QED) is 0.796. The lowest BCUT2D eigenvalue weighted by Gasteiger charge is -2.43. The Hall–Kier alpha value is -1.26. The van der Waals surface area contributed by atoms with Crippen molar-refractivity contribution in [3.8, 4) is 0 Å². The van der Waals surface area contributed by atoms with Crippen LogP contribution in [0, 0.1) is 5.82 Å². The fourth-order valence-electron chi connectivity index (χ4n) is 3.31. The Morgan fingerprint density at radius 3 is 3.05 bits per heavy atom. The summed E-state index contributed by atoms with van der Waals surface area (Å²) < 4.78 is 19.0. The van der Waals surface area contributed by atoms with Gasteiger partial charge in [0.2, 0.25) is 0 Å². The summed E-state index contributed by atoms with van der Waals surface area (Å²) in [6, 6.07) is 6.31. The molecular weight excluding hydrogens is 257 g/mol. The van der Waals surface area contributed by atoms with Crippen molar-refractivity contribution in [2.24, 2.45) is 0 Å². The second kappa shape index (κ2) is 6.02. The van der Waals surface area contributed by atoms with Crippen LogP contribution in [0.4, 0.5) is 4.39 Å². The van der Waals surface area contributed by atoms with Crippen LogP contribution in [0.2, 0.25) is 0 Å². The summed E-state index contributed by atoms with van der Waals surface area (Å²) in [7, 11) is 0. The molecule has 2 unspecified atom stereocenters. The first-order chi connectivity index (χ1) is 9.74. The molecule has 3 nitrogen and oxygen atoms in total. The third-order valence-electron chi connectivity index (χ3n) is 4.34. The minimum Gasteiger partial charge on any atom is -0.375 e. The van der Waals surface area contributed by atoms with Crippen LogP contribution < -0.4 is 0 Å². The average Bonchev–Trinajstić information content (AvgIpc) is 2.47. The third kappa shape index (κ3) is 2.91. The van der Waals surface area contributed by atoms with Crippen LogP contribution in [0.15, 0.2) is 24.3 Å². The zero-order chi connectivity index (χ0) is 13.9. The van der Waals surface area contributed by atoms with E-state index in [0.717, 1.165) is 19.4 Å². The molecule has 0 N–H and O–H groups in total. The first kappa shape index (κ1) is 13.7. The van der Waals surface area contributed by atoms with Crippen LogP contribution >= 0.6 is 0 Å². The van der Waals surface area contributed by atoms with E-state index >= 15 is 0 Å². The maximum absolute atomic E-state index is 13.2. The maximum atomic E-state index is 13.2. The standard InChI is InChI=1S/C16H20FNO2/c17-13-5-3-4-12(10-13)15(19)11-18-8-9-20-16-7-2-1-6-14(16)18/h3-5,10,14,16H,1-2,6-9,11H2. The summed E-state index contributed by atoms with van der Waals surface area (Å²) >= 11 is 0. The van der Waals surface area contributed by atoms with E-state index in [4.69, 9.17) is 4.74 Å². The molecule has 0 radical (unpaired) electrons. The topological polar surface area (TPSA) is 29.5 Å². The van der Waals surface area contributed by atoms with Gasteiger partial charge >= 0.3 is 0 Å². The van der Waals surface area contributed by atoms with Crippen molar-refractivity contribution in [1.29, 1.82) is 0 Å². The molecule has 0 aromatic heterocycles. The molecule has 2 fully saturated rings. The van der Waals surface area contributed by atoms with Gasteiger partial charge < -0.3 is 4.74 Å². The molecule has 1 saturated carbocycles. The number of benzene rings is 1. The molecule has 1 aromatic rings.